The number of halogens is 1. The third-order valence-corrected chi connectivity index (χ3v) is 5.74. The van der Waals surface area contributed by atoms with Crippen LogP contribution >= 0.6 is 15.9 Å². The van der Waals surface area contributed by atoms with Gasteiger partial charge < -0.3 is 10.1 Å². The van der Waals surface area contributed by atoms with E-state index in [1.165, 1.54) is 25.1 Å². The van der Waals surface area contributed by atoms with Crippen molar-refractivity contribution in [3.05, 3.63) is 64.6 Å². The van der Waals surface area contributed by atoms with E-state index in [0.717, 1.165) is 41.8 Å². The summed E-state index contributed by atoms with van der Waals surface area (Å²) in [5.74, 6) is 2.48. The van der Waals surface area contributed by atoms with E-state index in [2.05, 4.69) is 56.5 Å². The molecule has 1 N–H and O–H groups in total. The maximum absolute atomic E-state index is 5.80. The van der Waals surface area contributed by atoms with Crippen molar-refractivity contribution in [3.63, 3.8) is 0 Å². The molecule has 1 aliphatic carbocycles. The molecule has 2 aliphatic rings. The zero-order valence-electron chi connectivity index (χ0n) is 14.4. The minimum Gasteiger partial charge on any atom is -0.492 e. The Bertz CT molecular complexity index is 670. The van der Waals surface area contributed by atoms with Gasteiger partial charge in [0.05, 0.1) is 0 Å². The molecule has 2 aromatic carbocycles. The fourth-order valence-corrected chi connectivity index (χ4v) is 3.88. The monoisotopic (exact) mass is 400 g/mol. The average Bonchev–Trinajstić information content (AvgIpc) is 3.38. The standard InChI is InChI=1S/C21H25BrN2O/c22-18-6-8-19(9-7-18)25-11-10-24-14-16(15-24)13-23-21-12-20(21)17-4-2-1-3-5-17/h1-9,16,20-21,23H,10-15H2/t20?,21-/m1/s1. The quantitative estimate of drug-likeness (QED) is 0.726. The molecule has 2 aromatic rings. The normalized spacial score (nSPS) is 23.2. The number of hydrogen-bond acceptors (Lipinski definition) is 3. The molecule has 2 fully saturated rings. The highest BCUT2D eigenvalue weighted by molar-refractivity contribution is 9.10. The zero-order chi connectivity index (χ0) is 17.1. The van der Waals surface area contributed by atoms with Gasteiger partial charge in [0.1, 0.15) is 12.4 Å². The number of benzene rings is 2. The molecule has 3 nitrogen and oxygen atoms in total. The topological polar surface area (TPSA) is 24.5 Å². The summed E-state index contributed by atoms with van der Waals surface area (Å²) in [6.07, 6.45) is 1.29. The number of nitrogens with zero attached hydrogens (tertiary/aromatic N) is 1. The lowest BCUT2D eigenvalue weighted by Gasteiger charge is -2.39. The van der Waals surface area contributed by atoms with E-state index in [0.29, 0.717) is 6.04 Å². The Kier molecular flexibility index (Phi) is 5.39. The third kappa shape index (κ3) is 4.63. The smallest absolute Gasteiger partial charge is 0.119 e. The van der Waals surface area contributed by atoms with Gasteiger partial charge in [0.15, 0.2) is 0 Å². The molecule has 0 radical (unpaired) electrons. The SMILES string of the molecule is Brc1ccc(OCCN2CC(CN[C@@H]3CC3c3ccccc3)C2)cc1. The first kappa shape index (κ1) is 17.1. The average molecular weight is 401 g/mol. The van der Waals surface area contributed by atoms with Crippen LogP contribution in [-0.2, 0) is 0 Å². The van der Waals surface area contributed by atoms with Gasteiger partial charge in [-0.25, -0.2) is 0 Å². The summed E-state index contributed by atoms with van der Waals surface area (Å²) >= 11 is 3.44. The number of likely N-dealkylation sites (tertiary alicyclic amines) is 1. The van der Waals surface area contributed by atoms with Gasteiger partial charge in [-0.15, -0.1) is 0 Å². The molecule has 0 spiro atoms. The highest BCUT2D eigenvalue weighted by atomic mass is 79.9. The third-order valence-electron chi connectivity index (χ3n) is 5.21. The Morgan fingerprint density at radius 1 is 1.04 bits per heavy atom. The number of hydrogen-bond donors (Lipinski definition) is 1. The van der Waals surface area contributed by atoms with Crippen LogP contribution in [0.25, 0.3) is 0 Å². The van der Waals surface area contributed by atoms with Gasteiger partial charge in [0, 0.05) is 42.6 Å². The molecule has 25 heavy (non-hydrogen) atoms. The first-order valence-corrected chi connectivity index (χ1v) is 9.96. The van der Waals surface area contributed by atoms with Crippen molar-refractivity contribution in [2.45, 2.75) is 18.4 Å². The van der Waals surface area contributed by atoms with Crippen LogP contribution in [-0.4, -0.2) is 43.7 Å². The second-order valence-corrected chi connectivity index (χ2v) is 8.11. The van der Waals surface area contributed by atoms with Gasteiger partial charge in [0.2, 0.25) is 0 Å². The van der Waals surface area contributed by atoms with Crippen LogP contribution in [0.4, 0.5) is 0 Å². The fraction of sp³-hybridized carbons (Fsp3) is 0.429. The number of rotatable bonds is 8. The molecule has 0 aromatic heterocycles. The van der Waals surface area contributed by atoms with Gasteiger partial charge in [-0.3, -0.25) is 4.90 Å². The van der Waals surface area contributed by atoms with Crippen LogP contribution in [0.2, 0.25) is 0 Å². The summed E-state index contributed by atoms with van der Waals surface area (Å²) < 4.78 is 6.88. The number of nitrogens with one attached hydrogen (secondary N) is 1. The molecule has 1 saturated heterocycles. The van der Waals surface area contributed by atoms with Crippen molar-refractivity contribution in [2.24, 2.45) is 5.92 Å². The fourth-order valence-electron chi connectivity index (χ4n) is 3.62. The van der Waals surface area contributed by atoms with Crippen LogP contribution in [0.1, 0.15) is 17.9 Å². The number of ether oxygens (including phenoxy) is 1. The van der Waals surface area contributed by atoms with Crippen LogP contribution < -0.4 is 10.1 Å². The maximum atomic E-state index is 5.80. The minimum absolute atomic E-state index is 0.692. The van der Waals surface area contributed by atoms with E-state index in [1.54, 1.807) is 0 Å². The van der Waals surface area contributed by atoms with Crippen LogP contribution in [0.5, 0.6) is 5.75 Å². The first-order valence-electron chi connectivity index (χ1n) is 9.17. The molecule has 1 heterocycles. The summed E-state index contributed by atoms with van der Waals surface area (Å²) in [6.45, 7) is 5.32. The molecule has 0 amide bonds. The van der Waals surface area contributed by atoms with Crippen molar-refractivity contribution in [1.82, 2.24) is 10.2 Å². The molecule has 4 heteroatoms. The summed E-state index contributed by atoms with van der Waals surface area (Å²) in [4.78, 5) is 2.48. The molecular formula is C21H25BrN2O. The lowest BCUT2D eigenvalue weighted by molar-refractivity contribution is 0.0820. The molecule has 2 atom stereocenters. The van der Waals surface area contributed by atoms with E-state index in [4.69, 9.17) is 4.74 Å². The van der Waals surface area contributed by atoms with Crippen molar-refractivity contribution < 1.29 is 4.74 Å². The summed E-state index contributed by atoms with van der Waals surface area (Å²) in [5, 5.41) is 3.75. The summed E-state index contributed by atoms with van der Waals surface area (Å²) in [6, 6.07) is 19.6. The maximum Gasteiger partial charge on any atom is 0.119 e. The summed E-state index contributed by atoms with van der Waals surface area (Å²) in [5.41, 5.74) is 1.49. The summed E-state index contributed by atoms with van der Waals surface area (Å²) in [7, 11) is 0. The Balaban J connectivity index is 1.08. The van der Waals surface area contributed by atoms with E-state index < -0.39 is 0 Å². The van der Waals surface area contributed by atoms with E-state index in [9.17, 15) is 0 Å². The second-order valence-electron chi connectivity index (χ2n) is 7.20. The molecule has 1 saturated carbocycles. The molecule has 132 valence electrons. The predicted molar refractivity (Wildman–Crippen MR) is 105 cm³/mol. The largest absolute Gasteiger partial charge is 0.492 e. The lowest BCUT2D eigenvalue weighted by Crippen LogP contribution is -2.52. The first-order chi connectivity index (χ1) is 12.3. The van der Waals surface area contributed by atoms with Crippen LogP contribution in [0.15, 0.2) is 59.1 Å². The highest BCUT2D eigenvalue weighted by Crippen LogP contribution is 2.40. The van der Waals surface area contributed by atoms with Gasteiger partial charge in [-0.05, 0) is 42.2 Å². The Labute approximate surface area is 158 Å². The zero-order valence-corrected chi connectivity index (χ0v) is 16.0. The van der Waals surface area contributed by atoms with Crippen LogP contribution in [0, 0.1) is 5.92 Å². The van der Waals surface area contributed by atoms with Gasteiger partial charge in [-0.2, -0.15) is 0 Å². The van der Waals surface area contributed by atoms with Gasteiger partial charge in [0.25, 0.3) is 0 Å². The minimum atomic E-state index is 0.692. The van der Waals surface area contributed by atoms with E-state index >= 15 is 0 Å². The molecule has 1 unspecified atom stereocenters. The van der Waals surface area contributed by atoms with E-state index in [-0.39, 0.29) is 0 Å². The van der Waals surface area contributed by atoms with Gasteiger partial charge >= 0.3 is 0 Å². The predicted octanol–water partition coefficient (Wildman–Crippen LogP) is 3.91. The highest BCUT2D eigenvalue weighted by Gasteiger charge is 2.38. The molecule has 4 rings (SSSR count). The van der Waals surface area contributed by atoms with Crippen molar-refractivity contribution in [3.8, 4) is 5.75 Å². The molecule has 0 bridgehead atoms. The Hall–Kier alpha value is -1.36. The molecular weight excluding hydrogens is 376 g/mol. The Morgan fingerprint density at radius 3 is 2.56 bits per heavy atom. The van der Waals surface area contributed by atoms with Crippen molar-refractivity contribution in [1.29, 1.82) is 0 Å². The Morgan fingerprint density at radius 2 is 1.80 bits per heavy atom. The second kappa shape index (κ2) is 7.90. The van der Waals surface area contributed by atoms with Crippen LogP contribution in [0.3, 0.4) is 0 Å². The molecule has 1 aliphatic heterocycles. The lowest BCUT2D eigenvalue weighted by atomic mass is 10.0. The van der Waals surface area contributed by atoms with Crippen molar-refractivity contribution in [2.75, 3.05) is 32.8 Å². The van der Waals surface area contributed by atoms with Crippen molar-refractivity contribution >= 4 is 15.9 Å². The van der Waals surface area contributed by atoms with E-state index in [1.807, 2.05) is 24.3 Å². The van der Waals surface area contributed by atoms with Gasteiger partial charge in [-0.1, -0.05) is 46.3 Å².